The van der Waals surface area contributed by atoms with Gasteiger partial charge in [-0.1, -0.05) is 29.4 Å². The van der Waals surface area contributed by atoms with Crippen molar-refractivity contribution in [2.45, 2.75) is 13.0 Å². The standard InChI is InChI=1S/C25H20N2O7/c1-13-11-19(26-34-13)27-21(14-7-9-16(31-2)10-8-14)20(23(29)25(27)30)22(28)18-12-15-5-4-6-17(32-3)24(15)33-18/h4-12,21,29H,1-3H3. The Morgan fingerprint density at radius 2 is 1.85 bits per heavy atom. The van der Waals surface area contributed by atoms with Gasteiger partial charge in [0.2, 0.25) is 5.78 Å². The molecule has 1 amide bonds. The van der Waals surface area contributed by atoms with Gasteiger partial charge in [0.25, 0.3) is 5.91 Å². The van der Waals surface area contributed by atoms with E-state index in [9.17, 15) is 14.7 Å². The largest absolute Gasteiger partial charge is 0.503 e. The van der Waals surface area contributed by atoms with E-state index >= 15 is 0 Å². The van der Waals surface area contributed by atoms with Gasteiger partial charge in [0.05, 0.1) is 25.8 Å². The van der Waals surface area contributed by atoms with Crippen LogP contribution in [0, 0.1) is 6.92 Å². The van der Waals surface area contributed by atoms with Crippen molar-refractivity contribution in [2.75, 3.05) is 19.1 Å². The van der Waals surface area contributed by atoms with Crippen LogP contribution in [0.1, 0.15) is 27.9 Å². The lowest BCUT2D eigenvalue weighted by atomic mass is 9.95. The Hall–Kier alpha value is -4.53. The fraction of sp³-hybridized carbons (Fsp3) is 0.160. The summed E-state index contributed by atoms with van der Waals surface area (Å²) in [6.07, 6.45) is 0. The van der Waals surface area contributed by atoms with Crippen LogP contribution in [0.15, 0.2) is 74.9 Å². The Labute approximate surface area is 193 Å². The van der Waals surface area contributed by atoms with Crippen molar-refractivity contribution in [3.8, 4) is 11.5 Å². The fourth-order valence-electron chi connectivity index (χ4n) is 4.08. The van der Waals surface area contributed by atoms with Gasteiger partial charge in [0, 0.05) is 11.5 Å². The highest BCUT2D eigenvalue weighted by Crippen LogP contribution is 2.42. The number of methoxy groups -OCH3 is 2. The van der Waals surface area contributed by atoms with Gasteiger partial charge < -0.3 is 23.5 Å². The van der Waals surface area contributed by atoms with Crippen LogP contribution < -0.4 is 14.4 Å². The molecule has 34 heavy (non-hydrogen) atoms. The third kappa shape index (κ3) is 3.29. The van der Waals surface area contributed by atoms with E-state index in [2.05, 4.69) is 5.16 Å². The fourth-order valence-corrected chi connectivity index (χ4v) is 4.08. The highest BCUT2D eigenvalue weighted by molar-refractivity contribution is 6.20. The van der Waals surface area contributed by atoms with Crippen LogP contribution in [-0.4, -0.2) is 36.2 Å². The monoisotopic (exact) mass is 460 g/mol. The smallest absolute Gasteiger partial charge is 0.295 e. The number of aliphatic hydroxyl groups is 1. The number of hydrogen-bond acceptors (Lipinski definition) is 8. The number of aromatic nitrogens is 1. The predicted octanol–water partition coefficient (Wildman–Crippen LogP) is 4.53. The minimum Gasteiger partial charge on any atom is -0.503 e. The molecule has 0 bridgehead atoms. The molecule has 9 nitrogen and oxygen atoms in total. The minimum absolute atomic E-state index is 0.0365. The van der Waals surface area contributed by atoms with Crippen LogP contribution in [0.3, 0.4) is 0 Å². The maximum Gasteiger partial charge on any atom is 0.295 e. The molecule has 2 aromatic heterocycles. The zero-order chi connectivity index (χ0) is 24.0. The predicted molar refractivity (Wildman–Crippen MR) is 121 cm³/mol. The molecular weight excluding hydrogens is 440 g/mol. The first-order chi connectivity index (χ1) is 16.4. The number of amides is 1. The Balaban J connectivity index is 1.65. The summed E-state index contributed by atoms with van der Waals surface area (Å²) >= 11 is 0. The van der Waals surface area contributed by atoms with E-state index in [1.54, 1.807) is 61.5 Å². The van der Waals surface area contributed by atoms with Crippen molar-refractivity contribution < 1.29 is 33.1 Å². The van der Waals surface area contributed by atoms with E-state index in [4.69, 9.17) is 18.4 Å². The average molecular weight is 460 g/mol. The van der Waals surface area contributed by atoms with Crippen LogP contribution in [0.25, 0.3) is 11.0 Å². The Bertz CT molecular complexity index is 1450. The molecule has 0 radical (unpaired) electrons. The van der Waals surface area contributed by atoms with Gasteiger partial charge in [0.1, 0.15) is 11.5 Å². The normalized spacial score (nSPS) is 15.9. The van der Waals surface area contributed by atoms with E-state index in [0.29, 0.717) is 33.8 Å². The number of ether oxygens (including phenoxy) is 2. The van der Waals surface area contributed by atoms with E-state index in [1.807, 2.05) is 0 Å². The number of furan rings is 1. The number of benzene rings is 2. The molecule has 1 atom stereocenters. The molecule has 0 fully saturated rings. The molecule has 1 N–H and O–H groups in total. The molecule has 5 rings (SSSR count). The maximum absolute atomic E-state index is 13.7. The van der Waals surface area contributed by atoms with Crippen molar-refractivity contribution in [3.05, 3.63) is 83.0 Å². The number of para-hydroxylation sites is 1. The molecule has 0 saturated heterocycles. The van der Waals surface area contributed by atoms with E-state index in [1.165, 1.54) is 19.1 Å². The number of ketones is 1. The first-order valence-corrected chi connectivity index (χ1v) is 10.4. The summed E-state index contributed by atoms with van der Waals surface area (Å²) in [5.74, 6) is -0.418. The zero-order valence-corrected chi connectivity index (χ0v) is 18.6. The van der Waals surface area contributed by atoms with E-state index in [-0.39, 0.29) is 17.2 Å². The number of nitrogens with zero attached hydrogens (tertiary/aromatic N) is 2. The molecule has 1 aliphatic heterocycles. The number of rotatable bonds is 6. The number of carbonyl (C=O) groups is 2. The van der Waals surface area contributed by atoms with Crippen molar-refractivity contribution in [1.82, 2.24) is 5.16 Å². The third-order valence-electron chi connectivity index (χ3n) is 5.70. The molecular formula is C25H20N2O7. The lowest BCUT2D eigenvalue weighted by Crippen LogP contribution is -2.31. The Morgan fingerprint density at radius 3 is 2.50 bits per heavy atom. The average Bonchev–Trinajstić information content (AvgIpc) is 3.55. The van der Waals surface area contributed by atoms with Crippen LogP contribution in [0.4, 0.5) is 5.82 Å². The number of aryl methyl sites for hydroxylation is 1. The van der Waals surface area contributed by atoms with Gasteiger partial charge in [0.15, 0.2) is 28.7 Å². The van der Waals surface area contributed by atoms with Gasteiger partial charge in [-0.2, -0.15) is 0 Å². The topological polar surface area (TPSA) is 115 Å². The Morgan fingerprint density at radius 1 is 1.09 bits per heavy atom. The summed E-state index contributed by atoms with van der Waals surface area (Å²) in [6.45, 7) is 1.68. The second-order valence-corrected chi connectivity index (χ2v) is 7.73. The summed E-state index contributed by atoms with van der Waals surface area (Å²) < 4.78 is 21.5. The van der Waals surface area contributed by atoms with Crippen molar-refractivity contribution in [3.63, 3.8) is 0 Å². The van der Waals surface area contributed by atoms with Gasteiger partial charge in [-0.15, -0.1) is 0 Å². The molecule has 0 saturated carbocycles. The van der Waals surface area contributed by atoms with Crippen LogP contribution >= 0.6 is 0 Å². The molecule has 9 heteroatoms. The van der Waals surface area contributed by atoms with E-state index < -0.39 is 23.5 Å². The lowest BCUT2D eigenvalue weighted by Gasteiger charge is -2.24. The van der Waals surface area contributed by atoms with Crippen molar-refractivity contribution >= 4 is 28.5 Å². The third-order valence-corrected chi connectivity index (χ3v) is 5.70. The molecule has 0 aliphatic carbocycles. The summed E-state index contributed by atoms with van der Waals surface area (Å²) in [5.41, 5.74) is 0.826. The van der Waals surface area contributed by atoms with Gasteiger partial charge in [-0.25, -0.2) is 0 Å². The number of carbonyl (C=O) groups excluding carboxylic acids is 2. The van der Waals surface area contributed by atoms with Crippen LogP contribution in [0.5, 0.6) is 11.5 Å². The zero-order valence-electron chi connectivity index (χ0n) is 18.6. The molecule has 1 unspecified atom stereocenters. The second-order valence-electron chi connectivity index (χ2n) is 7.73. The summed E-state index contributed by atoms with van der Waals surface area (Å²) in [7, 11) is 3.04. The van der Waals surface area contributed by atoms with Crippen LogP contribution in [-0.2, 0) is 4.79 Å². The summed E-state index contributed by atoms with van der Waals surface area (Å²) in [5, 5.41) is 15.4. The number of fused-ring (bicyclic) bond motifs is 1. The number of aliphatic hydroxyl groups excluding tert-OH is 1. The molecule has 2 aromatic carbocycles. The maximum atomic E-state index is 13.7. The highest BCUT2D eigenvalue weighted by atomic mass is 16.5. The highest BCUT2D eigenvalue weighted by Gasteiger charge is 2.46. The lowest BCUT2D eigenvalue weighted by molar-refractivity contribution is -0.117. The van der Waals surface area contributed by atoms with Crippen molar-refractivity contribution in [2.24, 2.45) is 0 Å². The number of hydrogen-bond donors (Lipinski definition) is 1. The minimum atomic E-state index is -0.967. The van der Waals surface area contributed by atoms with Gasteiger partial charge >= 0.3 is 0 Å². The van der Waals surface area contributed by atoms with Crippen molar-refractivity contribution in [1.29, 1.82) is 0 Å². The first-order valence-electron chi connectivity index (χ1n) is 10.4. The van der Waals surface area contributed by atoms with Gasteiger partial charge in [-0.05, 0) is 36.8 Å². The number of anilines is 1. The van der Waals surface area contributed by atoms with E-state index in [0.717, 1.165) is 0 Å². The number of Topliss-reactive ketones (excluding diaryl/α,β-unsaturated/α-hetero) is 1. The summed E-state index contributed by atoms with van der Waals surface area (Å²) in [6, 6.07) is 14.2. The van der Waals surface area contributed by atoms with Crippen LogP contribution in [0.2, 0.25) is 0 Å². The molecule has 4 aromatic rings. The Kier molecular flexibility index (Phi) is 5.09. The SMILES string of the molecule is COc1ccc(C2C(C(=O)c3cc4cccc(OC)c4o3)=C(O)C(=O)N2c2cc(C)on2)cc1. The molecule has 3 heterocycles. The van der Waals surface area contributed by atoms with Gasteiger partial charge in [-0.3, -0.25) is 14.5 Å². The summed E-state index contributed by atoms with van der Waals surface area (Å²) in [4.78, 5) is 28.0. The second kappa shape index (κ2) is 8.11. The molecule has 1 aliphatic rings. The quantitative estimate of drug-likeness (QED) is 0.417. The first kappa shape index (κ1) is 21.3. The molecule has 172 valence electrons. The molecule has 0 spiro atoms.